The lowest BCUT2D eigenvalue weighted by Crippen LogP contribution is -2.39. The van der Waals surface area contributed by atoms with Gasteiger partial charge in [-0.05, 0) is 57.0 Å². The Morgan fingerprint density at radius 2 is 1.91 bits per heavy atom. The van der Waals surface area contributed by atoms with Crippen LogP contribution in [0.25, 0.3) is 0 Å². The highest BCUT2D eigenvalue weighted by Gasteiger charge is 2.17. The molecule has 1 heterocycles. The highest BCUT2D eigenvalue weighted by atomic mass is 16.5. The van der Waals surface area contributed by atoms with Gasteiger partial charge in [-0.2, -0.15) is 0 Å². The van der Waals surface area contributed by atoms with Crippen molar-refractivity contribution in [3.8, 4) is 0 Å². The predicted octanol–water partition coefficient (Wildman–Crippen LogP) is 2.47. The number of amides is 1. The number of carbonyl (C=O) groups is 2. The number of benzene rings is 1. The van der Waals surface area contributed by atoms with Gasteiger partial charge in [0.2, 0.25) is 0 Å². The van der Waals surface area contributed by atoms with Crippen LogP contribution in [0.3, 0.4) is 0 Å². The molecule has 1 aliphatic heterocycles. The van der Waals surface area contributed by atoms with E-state index in [0.29, 0.717) is 23.7 Å². The van der Waals surface area contributed by atoms with E-state index in [1.165, 1.54) is 32.9 Å². The van der Waals surface area contributed by atoms with Gasteiger partial charge in [-0.15, -0.1) is 0 Å². The first-order valence-electron chi connectivity index (χ1n) is 8.32. The van der Waals surface area contributed by atoms with Crippen LogP contribution >= 0.6 is 0 Å². The van der Waals surface area contributed by atoms with E-state index in [0.717, 1.165) is 13.0 Å². The maximum absolute atomic E-state index is 12.1. The van der Waals surface area contributed by atoms with E-state index < -0.39 is 5.97 Å². The van der Waals surface area contributed by atoms with Crippen molar-refractivity contribution < 1.29 is 14.3 Å². The molecule has 0 spiro atoms. The second-order valence-electron chi connectivity index (χ2n) is 6.06. The van der Waals surface area contributed by atoms with Crippen LogP contribution in [-0.2, 0) is 4.74 Å². The van der Waals surface area contributed by atoms with Crippen molar-refractivity contribution in [2.24, 2.45) is 0 Å². The van der Waals surface area contributed by atoms with E-state index >= 15 is 0 Å². The van der Waals surface area contributed by atoms with Gasteiger partial charge in [0.15, 0.2) is 0 Å². The van der Waals surface area contributed by atoms with E-state index in [4.69, 9.17) is 0 Å². The molecule has 5 nitrogen and oxygen atoms in total. The minimum atomic E-state index is -0.396. The van der Waals surface area contributed by atoms with E-state index in [1.807, 2.05) is 0 Å². The Morgan fingerprint density at radius 3 is 2.57 bits per heavy atom. The van der Waals surface area contributed by atoms with E-state index in [9.17, 15) is 9.59 Å². The second kappa shape index (κ2) is 8.67. The summed E-state index contributed by atoms with van der Waals surface area (Å²) < 4.78 is 4.64. The van der Waals surface area contributed by atoms with Crippen LogP contribution < -0.4 is 5.32 Å². The van der Waals surface area contributed by atoms with Gasteiger partial charge in [0.1, 0.15) is 0 Å². The minimum absolute atomic E-state index is 0.104. The lowest BCUT2D eigenvalue weighted by molar-refractivity contribution is 0.0600. The molecule has 1 atom stereocenters. The molecule has 0 radical (unpaired) electrons. The number of methoxy groups -OCH3 is 1. The normalized spacial score (nSPS) is 18.4. The zero-order valence-corrected chi connectivity index (χ0v) is 14.0. The first-order valence-corrected chi connectivity index (χ1v) is 8.32. The zero-order chi connectivity index (χ0) is 16.7. The van der Waals surface area contributed by atoms with Gasteiger partial charge < -0.3 is 15.0 Å². The first-order chi connectivity index (χ1) is 11.1. The monoisotopic (exact) mass is 318 g/mol. The average Bonchev–Trinajstić information content (AvgIpc) is 2.59. The Labute approximate surface area is 138 Å². The van der Waals surface area contributed by atoms with Gasteiger partial charge >= 0.3 is 5.97 Å². The van der Waals surface area contributed by atoms with Gasteiger partial charge in [-0.1, -0.05) is 6.42 Å². The molecule has 126 valence electrons. The van der Waals surface area contributed by atoms with Gasteiger partial charge in [0, 0.05) is 24.7 Å². The molecule has 0 bridgehead atoms. The molecule has 23 heavy (non-hydrogen) atoms. The van der Waals surface area contributed by atoms with Crippen LogP contribution in [0, 0.1) is 0 Å². The number of rotatable bonds is 6. The highest BCUT2D eigenvalue weighted by molar-refractivity contribution is 5.96. The molecule has 1 unspecified atom stereocenters. The minimum Gasteiger partial charge on any atom is -0.465 e. The Morgan fingerprint density at radius 1 is 1.22 bits per heavy atom. The van der Waals surface area contributed by atoms with Crippen LogP contribution in [0.4, 0.5) is 0 Å². The maximum Gasteiger partial charge on any atom is 0.337 e. The molecular formula is C18H26N2O3. The molecule has 1 aliphatic rings. The van der Waals surface area contributed by atoms with E-state index in [1.54, 1.807) is 24.3 Å². The highest BCUT2D eigenvalue weighted by Crippen LogP contribution is 2.16. The average molecular weight is 318 g/mol. The number of likely N-dealkylation sites (tertiary alicyclic amines) is 1. The summed E-state index contributed by atoms with van der Waals surface area (Å²) in [6.07, 6.45) is 4.84. The van der Waals surface area contributed by atoms with E-state index in [-0.39, 0.29) is 5.91 Å². The molecule has 1 saturated heterocycles. The largest absolute Gasteiger partial charge is 0.465 e. The van der Waals surface area contributed by atoms with Crippen molar-refractivity contribution >= 4 is 11.9 Å². The number of nitrogens with one attached hydrogen (secondary N) is 1. The molecule has 0 saturated carbocycles. The predicted molar refractivity (Wildman–Crippen MR) is 89.6 cm³/mol. The molecule has 2 rings (SSSR count). The molecular weight excluding hydrogens is 292 g/mol. The number of ether oxygens (including phenoxy) is 1. The summed E-state index contributed by atoms with van der Waals surface area (Å²) in [4.78, 5) is 25.9. The number of piperidine rings is 1. The van der Waals surface area contributed by atoms with Crippen molar-refractivity contribution in [1.29, 1.82) is 0 Å². The van der Waals surface area contributed by atoms with Crippen molar-refractivity contribution in [3.05, 3.63) is 35.4 Å². The summed E-state index contributed by atoms with van der Waals surface area (Å²) in [7, 11) is 1.34. The number of esters is 1. The number of hydrogen-bond donors (Lipinski definition) is 1. The summed E-state index contributed by atoms with van der Waals surface area (Å²) >= 11 is 0. The number of nitrogens with zero attached hydrogens (tertiary/aromatic N) is 1. The third-order valence-electron chi connectivity index (χ3n) is 4.42. The van der Waals surface area contributed by atoms with Crippen molar-refractivity contribution in [1.82, 2.24) is 10.2 Å². The Balaban J connectivity index is 1.73. The van der Waals surface area contributed by atoms with Crippen LogP contribution in [-0.4, -0.2) is 49.6 Å². The number of carbonyl (C=O) groups excluding carboxylic acids is 2. The molecule has 1 aromatic carbocycles. The molecule has 1 aromatic rings. The van der Waals surface area contributed by atoms with Crippen molar-refractivity contribution in [3.63, 3.8) is 0 Å². The van der Waals surface area contributed by atoms with Gasteiger partial charge in [0.25, 0.3) is 5.91 Å². The fraction of sp³-hybridized carbons (Fsp3) is 0.556. The third kappa shape index (κ3) is 5.06. The van der Waals surface area contributed by atoms with Gasteiger partial charge in [-0.3, -0.25) is 4.79 Å². The summed E-state index contributed by atoms with van der Waals surface area (Å²) in [5, 5.41) is 2.93. The maximum atomic E-state index is 12.1. The Bertz CT molecular complexity index is 528. The quantitative estimate of drug-likeness (QED) is 0.646. The molecule has 5 heteroatoms. The standard InChI is InChI=1S/C18H26N2O3/c1-14-6-3-4-12-20(14)13-5-11-19-17(21)15-7-9-16(10-8-15)18(22)23-2/h7-10,14H,3-6,11-13H2,1-2H3,(H,19,21). The fourth-order valence-corrected chi connectivity index (χ4v) is 2.95. The zero-order valence-electron chi connectivity index (χ0n) is 14.0. The lowest BCUT2D eigenvalue weighted by atomic mass is 10.0. The first kappa shape index (κ1) is 17.5. The lowest BCUT2D eigenvalue weighted by Gasteiger charge is -2.33. The summed E-state index contributed by atoms with van der Waals surface area (Å²) in [6.45, 7) is 5.15. The molecule has 1 amide bonds. The van der Waals surface area contributed by atoms with E-state index in [2.05, 4.69) is 21.9 Å². The van der Waals surface area contributed by atoms with Crippen molar-refractivity contribution in [2.75, 3.05) is 26.7 Å². The molecule has 0 aliphatic carbocycles. The third-order valence-corrected chi connectivity index (χ3v) is 4.42. The van der Waals surface area contributed by atoms with Crippen LogP contribution in [0.15, 0.2) is 24.3 Å². The molecule has 0 aromatic heterocycles. The summed E-state index contributed by atoms with van der Waals surface area (Å²) in [5.41, 5.74) is 1.01. The van der Waals surface area contributed by atoms with Crippen LogP contribution in [0.5, 0.6) is 0 Å². The summed E-state index contributed by atoms with van der Waals surface area (Å²) in [5.74, 6) is -0.499. The topological polar surface area (TPSA) is 58.6 Å². The van der Waals surface area contributed by atoms with Crippen LogP contribution in [0.1, 0.15) is 53.3 Å². The van der Waals surface area contributed by atoms with Gasteiger partial charge in [-0.25, -0.2) is 4.79 Å². The Kier molecular flexibility index (Phi) is 6.59. The van der Waals surface area contributed by atoms with Crippen molar-refractivity contribution in [2.45, 2.75) is 38.6 Å². The molecule has 1 fully saturated rings. The Hall–Kier alpha value is -1.88. The number of hydrogen-bond acceptors (Lipinski definition) is 4. The van der Waals surface area contributed by atoms with Gasteiger partial charge in [0.05, 0.1) is 12.7 Å². The second-order valence-corrected chi connectivity index (χ2v) is 6.06. The summed E-state index contributed by atoms with van der Waals surface area (Å²) in [6, 6.07) is 7.17. The smallest absolute Gasteiger partial charge is 0.337 e. The molecule has 1 N–H and O–H groups in total. The fourth-order valence-electron chi connectivity index (χ4n) is 2.95. The SMILES string of the molecule is COC(=O)c1ccc(C(=O)NCCCN2CCCCC2C)cc1. The van der Waals surface area contributed by atoms with Crippen LogP contribution in [0.2, 0.25) is 0 Å².